The number of carboxylic acid groups (broad SMARTS) is 1. The Morgan fingerprint density at radius 1 is 1.14 bits per heavy atom. The van der Waals surface area contributed by atoms with E-state index in [1.807, 2.05) is 48.5 Å². The molecule has 2 saturated heterocycles. The summed E-state index contributed by atoms with van der Waals surface area (Å²) in [5.41, 5.74) is -0.459. The fourth-order valence-electron chi connectivity index (χ4n) is 4.27. The van der Waals surface area contributed by atoms with Crippen LogP contribution in [0.4, 0.5) is 0 Å². The van der Waals surface area contributed by atoms with Crippen LogP contribution in [0, 0.1) is 5.41 Å². The molecule has 7 nitrogen and oxygen atoms in total. The summed E-state index contributed by atoms with van der Waals surface area (Å²) in [4.78, 5) is 51.4. The average molecular weight is 539 g/mol. The van der Waals surface area contributed by atoms with Gasteiger partial charge >= 0.3 is 5.97 Å². The van der Waals surface area contributed by atoms with Crippen molar-refractivity contribution in [3.63, 3.8) is 0 Å². The first kappa shape index (κ1) is 24.6. The molecule has 0 bridgehead atoms. The predicted molar refractivity (Wildman–Crippen MR) is 143 cm³/mol. The zero-order chi connectivity index (χ0) is 25.3. The molecule has 2 aliphatic heterocycles. The van der Waals surface area contributed by atoms with E-state index in [1.54, 1.807) is 23.6 Å². The second-order valence-corrected chi connectivity index (χ2v) is 12.1. The number of hydrogen-bond acceptors (Lipinski definition) is 7. The van der Waals surface area contributed by atoms with E-state index in [0.29, 0.717) is 5.39 Å². The molecule has 0 spiro atoms. The van der Waals surface area contributed by atoms with Crippen LogP contribution in [0.5, 0.6) is 0 Å². The molecule has 0 saturated carbocycles. The summed E-state index contributed by atoms with van der Waals surface area (Å²) in [6.45, 7) is 0.0366. The van der Waals surface area contributed by atoms with Crippen molar-refractivity contribution in [3.8, 4) is 0 Å². The van der Waals surface area contributed by atoms with Crippen LogP contribution in [0.2, 0.25) is 0 Å². The van der Waals surface area contributed by atoms with E-state index in [0.717, 1.165) is 14.5 Å². The van der Waals surface area contributed by atoms with Crippen molar-refractivity contribution < 1.29 is 19.5 Å². The minimum atomic E-state index is -1.25. The van der Waals surface area contributed by atoms with Gasteiger partial charge in [0.1, 0.15) is 16.8 Å². The number of carbonyl (C=O) groups is 3. The second kappa shape index (κ2) is 10.1. The first-order chi connectivity index (χ1) is 17.4. The summed E-state index contributed by atoms with van der Waals surface area (Å²) >= 11 is 4.12. The van der Waals surface area contributed by atoms with E-state index in [9.17, 15) is 24.3 Å². The molecule has 0 radical (unpaired) electrons. The van der Waals surface area contributed by atoms with Crippen molar-refractivity contribution in [2.24, 2.45) is 5.41 Å². The standard InChI is InChI=1S/C26H22N2O5S3/c29-18-13-21(36-19-9-5-4-8-17(18)19)34-11-10-26(25(32)33)14-28-23(31)22(24(28)35-15-26)27-20(30)12-16-6-2-1-3-7-16/h1-11,13,22,24H,12,14-15H2,(H,27,30)(H,32,33)/t22?,24-,26?/m1/s1. The lowest BCUT2D eigenvalue weighted by atomic mass is 9.87. The third-order valence-corrected chi connectivity index (χ3v) is 9.84. The van der Waals surface area contributed by atoms with E-state index in [1.165, 1.54) is 39.8 Å². The molecule has 2 fully saturated rings. The lowest BCUT2D eigenvalue weighted by Gasteiger charge is -2.53. The lowest BCUT2D eigenvalue weighted by molar-refractivity contribution is -0.156. The van der Waals surface area contributed by atoms with Crippen LogP contribution >= 0.6 is 34.9 Å². The summed E-state index contributed by atoms with van der Waals surface area (Å²) in [6, 6.07) is 17.6. The Kier molecular flexibility index (Phi) is 6.92. The summed E-state index contributed by atoms with van der Waals surface area (Å²) < 4.78 is 1.63. The van der Waals surface area contributed by atoms with Gasteiger partial charge in [-0.25, -0.2) is 0 Å². The van der Waals surface area contributed by atoms with Crippen LogP contribution in [0.3, 0.4) is 0 Å². The first-order valence-corrected chi connectivity index (χ1v) is 14.0. The number of carbonyl (C=O) groups excluding carboxylic acids is 2. The number of rotatable bonds is 7. The third-order valence-electron chi connectivity index (χ3n) is 6.24. The number of fused-ring (bicyclic) bond motifs is 2. The van der Waals surface area contributed by atoms with Gasteiger partial charge in [0.25, 0.3) is 0 Å². The van der Waals surface area contributed by atoms with Gasteiger partial charge < -0.3 is 15.3 Å². The molecule has 2 N–H and O–H groups in total. The molecule has 3 atom stereocenters. The van der Waals surface area contributed by atoms with Gasteiger partial charge in [-0.1, -0.05) is 60.3 Å². The molecule has 0 aliphatic carbocycles. The van der Waals surface area contributed by atoms with E-state index < -0.39 is 17.4 Å². The first-order valence-electron chi connectivity index (χ1n) is 11.2. The Hall–Kier alpha value is -3.08. The van der Waals surface area contributed by atoms with Gasteiger partial charge in [-0.15, -0.1) is 23.1 Å². The number of amides is 2. The fraction of sp³-hybridized carbons (Fsp3) is 0.231. The van der Waals surface area contributed by atoms with Crippen LogP contribution in [0.1, 0.15) is 5.56 Å². The van der Waals surface area contributed by atoms with Crippen LogP contribution in [0.15, 0.2) is 81.2 Å². The molecule has 3 aromatic rings. The molecule has 10 heteroatoms. The minimum absolute atomic E-state index is 0.0366. The fourth-order valence-corrected chi connectivity index (χ4v) is 7.86. The van der Waals surface area contributed by atoms with Crippen LogP contribution < -0.4 is 10.7 Å². The highest BCUT2D eigenvalue weighted by molar-refractivity contribution is 8.04. The molecular weight excluding hydrogens is 516 g/mol. The lowest BCUT2D eigenvalue weighted by Crippen LogP contribution is -2.73. The molecule has 2 aliphatic rings. The number of nitrogens with one attached hydrogen (secondary N) is 1. The molecule has 2 aromatic carbocycles. The maximum absolute atomic E-state index is 12.8. The normalized spacial score (nSPS) is 23.3. The van der Waals surface area contributed by atoms with Gasteiger partial charge in [-0.3, -0.25) is 19.2 Å². The minimum Gasteiger partial charge on any atom is -0.481 e. The number of aliphatic carboxylic acids is 1. The smallest absolute Gasteiger partial charge is 0.316 e. The maximum atomic E-state index is 12.8. The van der Waals surface area contributed by atoms with Crippen molar-refractivity contribution in [1.82, 2.24) is 10.2 Å². The Morgan fingerprint density at radius 2 is 1.89 bits per heavy atom. The van der Waals surface area contributed by atoms with Crippen molar-refractivity contribution in [3.05, 3.63) is 87.9 Å². The quantitative estimate of drug-likeness (QED) is 0.350. The predicted octanol–water partition coefficient (Wildman–Crippen LogP) is 3.58. The average Bonchev–Trinajstić information content (AvgIpc) is 2.88. The zero-order valence-corrected chi connectivity index (χ0v) is 21.4. The molecule has 2 amide bonds. The molecular formula is C26H22N2O5S3. The summed E-state index contributed by atoms with van der Waals surface area (Å²) in [5.74, 6) is -1.25. The van der Waals surface area contributed by atoms with Gasteiger partial charge in [0.05, 0.1) is 10.6 Å². The van der Waals surface area contributed by atoms with E-state index >= 15 is 0 Å². The van der Waals surface area contributed by atoms with Crippen LogP contribution in [-0.2, 0) is 20.8 Å². The summed E-state index contributed by atoms with van der Waals surface area (Å²) in [6.07, 6.45) is 1.80. The largest absolute Gasteiger partial charge is 0.481 e. The van der Waals surface area contributed by atoms with Crippen molar-refractivity contribution in [2.45, 2.75) is 22.0 Å². The van der Waals surface area contributed by atoms with Crippen LogP contribution in [-0.4, -0.2) is 51.5 Å². The van der Waals surface area contributed by atoms with Crippen molar-refractivity contribution in [2.75, 3.05) is 12.3 Å². The SMILES string of the molecule is O=C(Cc1ccccc1)NC1C(=O)N2CC(C=CSc3cc(=O)c4ccccc4s3)(C(=O)O)CS[C@H]12. The van der Waals surface area contributed by atoms with E-state index in [-0.39, 0.29) is 41.3 Å². The Labute approximate surface area is 219 Å². The summed E-state index contributed by atoms with van der Waals surface area (Å²) in [7, 11) is 0. The Morgan fingerprint density at radius 3 is 2.67 bits per heavy atom. The zero-order valence-electron chi connectivity index (χ0n) is 19.0. The molecule has 2 unspecified atom stereocenters. The monoisotopic (exact) mass is 538 g/mol. The van der Waals surface area contributed by atoms with Gasteiger partial charge in [-0.05, 0) is 23.1 Å². The van der Waals surface area contributed by atoms with Crippen molar-refractivity contribution in [1.29, 1.82) is 0 Å². The highest BCUT2D eigenvalue weighted by Gasteiger charge is 2.56. The highest BCUT2D eigenvalue weighted by atomic mass is 32.2. The molecule has 184 valence electrons. The Bertz CT molecular complexity index is 1420. The van der Waals surface area contributed by atoms with E-state index in [2.05, 4.69) is 5.32 Å². The number of β-lactam (4-membered cyclic amide) rings is 1. The summed E-state index contributed by atoms with van der Waals surface area (Å²) in [5, 5.41) is 14.9. The number of benzene rings is 2. The van der Waals surface area contributed by atoms with Gasteiger partial charge in [-0.2, -0.15) is 0 Å². The van der Waals surface area contributed by atoms with Crippen molar-refractivity contribution >= 4 is 62.7 Å². The molecule has 36 heavy (non-hydrogen) atoms. The molecule has 1 aromatic heterocycles. The number of hydrogen-bond donors (Lipinski definition) is 2. The van der Waals surface area contributed by atoms with Crippen LogP contribution in [0.25, 0.3) is 10.1 Å². The second-order valence-electron chi connectivity index (χ2n) is 8.68. The number of thioether (sulfide) groups is 2. The Balaban J connectivity index is 1.24. The highest BCUT2D eigenvalue weighted by Crippen LogP contribution is 2.43. The van der Waals surface area contributed by atoms with Gasteiger partial charge in [0, 0.05) is 28.5 Å². The topological polar surface area (TPSA) is 104 Å². The van der Waals surface area contributed by atoms with Gasteiger partial charge in [0.2, 0.25) is 11.8 Å². The maximum Gasteiger partial charge on any atom is 0.316 e. The number of carboxylic acids is 1. The molecule has 3 heterocycles. The van der Waals surface area contributed by atoms with E-state index in [4.69, 9.17) is 0 Å². The number of nitrogens with zero attached hydrogens (tertiary/aromatic N) is 1. The third kappa shape index (κ3) is 4.80. The molecule has 5 rings (SSSR count). The van der Waals surface area contributed by atoms with Gasteiger partial charge in [0.15, 0.2) is 5.43 Å².